The zero-order valence-electron chi connectivity index (χ0n) is 20.9. The second kappa shape index (κ2) is 9.92. The number of nitrogens with zero attached hydrogens (tertiary/aromatic N) is 7. The van der Waals surface area contributed by atoms with Gasteiger partial charge in [0.1, 0.15) is 16.3 Å². The number of aromatic amines is 1. The Balaban J connectivity index is 1.45. The quantitative estimate of drug-likeness (QED) is 0.396. The highest BCUT2D eigenvalue weighted by molar-refractivity contribution is 7.18. The van der Waals surface area contributed by atoms with Crippen molar-refractivity contribution in [3.05, 3.63) is 30.4 Å². The van der Waals surface area contributed by atoms with Gasteiger partial charge in [0.15, 0.2) is 11.4 Å². The highest BCUT2D eigenvalue weighted by Crippen LogP contribution is 2.40. The molecule has 1 atom stereocenters. The molecule has 0 saturated carbocycles. The van der Waals surface area contributed by atoms with Crippen molar-refractivity contribution >= 4 is 22.0 Å². The number of anilines is 1. The van der Waals surface area contributed by atoms with Gasteiger partial charge in [0.2, 0.25) is 0 Å². The zero-order chi connectivity index (χ0) is 24.5. The largest absolute Gasteiger partial charge is 0.493 e. The molecule has 11 heteroatoms. The molecular formula is C24H32N8O2S. The summed E-state index contributed by atoms with van der Waals surface area (Å²) in [5, 5.41) is 14.4. The fourth-order valence-corrected chi connectivity index (χ4v) is 5.82. The van der Waals surface area contributed by atoms with Gasteiger partial charge in [0.05, 0.1) is 31.3 Å². The molecule has 5 heterocycles. The summed E-state index contributed by atoms with van der Waals surface area (Å²) in [7, 11) is 3.40. The third-order valence-corrected chi connectivity index (χ3v) is 7.58. The molecule has 0 spiro atoms. The van der Waals surface area contributed by atoms with E-state index in [1.54, 1.807) is 30.1 Å². The molecule has 1 aliphatic rings. The van der Waals surface area contributed by atoms with Crippen LogP contribution >= 0.6 is 11.3 Å². The number of methoxy groups -OCH3 is 2. The first-order valence-corrected chi connectivity index (χ1v) is 12.7. The fraction of sp³-hybridized carbons (Fsp3) is 0.500. The molecule has 4 aromatic heterocycles. The highest BCUT2D eigenvalue weighted by atomic mass is 32.1. The SMILES string of the molecule is COCCN1CCN(c2cnc(-c3[nH]nc(-c4cc(OC)c5ncnn5c4)c3C(C)C)s2)[C@@H](C)C1. The summed E-state index contributed by atoms with van der Waals surface area (Å²) in [5.41, 5.74) is 4.57. The van der Waals surface area contributed by atoms with Crippen LogP contribution < -0.4 is 9.64 Å². The zero-order valence-corrected chi connectivity index (χ0v) is 21.7. The van der Waals surface area contributed by atoms with Gasteiger partial charge in [-0.25, -0.2) is 14.5 Å². The number of pyridine rings is 1. The minimum Gasteiger partial charge on any atom is -0.493 e. The molecule has 1 aliphatic heterocycles. The topological polar surface area (TPSA) is 96.7 Å². The Bertz CT molecular complexity index is 1300. The van der Waals surface area contributed by atoms with E-state index >= 15 is 0 Å². The number of thiazole rings is 1. The van der Waals surface area contributed by atoms with E-state index in [1.807, 2.05) is 18.5 Å². The van der Waals surface area contributed by atoms with E-state index in [0.717, 1.165) is 60.3 Å². The molecule has 5 rings (SSSR count). The predicted octanol–water partition coefficient (Wildman–Crippen LogP) is 3.53. The summed E-state index contributed by atoms with van der Waals surface area (Å²) < 4.78 is 12.5. The molecule has 0 aliphatic carbocycles. The summed E-state index contributed by atoms with van der Waals surface area (Å²) in [5.74, 6) is 0.904. The third-order valence-electron chi connectivity index (χ3n) is 6.53. The number of H-pyrrole nitrogens is 1. The molecule has 1 fully saturated rings. The van der Waals surface area contributed by atoms with Crippen molar-refractivity contribution in [1.29, 1.82) is 0 Å². The lowest BCUT2D eigenvalue weighted by Gasteiger charge is -2.40. The van der Waals surface area contributed by atoms with Crippen LogP contribution in [0.25, 0.3) is 27.6 Å². The maximum atomic E-state index is 5.56. The smallest absolute Gasteiger partial charge is 0.197 e. The van der Waals surface area contributed by atoms with Crippen molar-refractivity contribution < 1.29 is 9.47 Å². The van der Waals surface area contributed by atoms with Crippen LogP contribution in [0.5, 0.6) is 5.75 Å². The summed E-state index contributed by atoms with van der Waals surface area (Å²) in [6, 6.07) is 2.38. The number of hydrogen-bond donors (Lipinski definition) is 1. The van der Waals surface area contributed by atoms with E-state index in [9.17, 15) is 0 Å². The predicted molar refractivity (Wildman–Crippen MR) is 137 cm³/mol. The molecule has 1 N–H and O–H groups in total. The second-order valence-corrected chi connectivity index (χ2v) is 10.2. The molecule has 0 amide bonds. The summed E-state index contributed by atoms with van der Waals surface area (Å²) in [6.07, 6.45) is 5.46. The number of aromatic nitrogens is 6. The van der Waals surface area contributed by atoms with Crippen LogP contribution in [0, 0.1) is 0 Å². The van der Waals surface area contributed by atoms with Crippen LogP contribution in [0.15, 0.2) is 24.8 Å². The molecule has 0 bridgehead atoms. The van der Waals surface area contributed by atoms with Crippen LogP contribution in [0.2, 0.25) is 0 Å². The Kier molecular flexibility index (Phi) is 6.72. The number of rotatable bonds is 8. The minimum absolute atomic E-state index is 0.242. The van der Waals surface area contributed by atoms with Crippen LogP contribution in [0.4, 0.5) is 5.00 Å². The lowest BCUT2D eigenvalue weighted by Crippen LogP contribution is -2.52. The van der Waals surface area contributed by atoms with E-state index in [2.05, 4.69) is 45.8 Å². The summed E-state index contributed by atoms with van der Waals surface area (Å²) >= 11 is 1.72. The normalized spacial score (nSPS) is 17.1. The number of fused-ring (bicyclic) bond motifs is 1. The first-order chi connectivity index (χ1) is 17.0. The van der Waals surface area contributed by atoms with Gasteiger partial charge >= 0.3 is 0 Å². The molecule has 1 saturated heterocycles. The van der Waals surface area contributed by atoms with Gasteiger partial charge in [-0.05, 0) is 18.9 Å². The van der Waals surface area contributed by atoms with Gasteiger partial charge in [-0.2, -0.15) is 10.2 Å². The highest BCUT2D eigenvalue weighted by Gasteiger charge is 2.27. The standard InChI is InChI=1S/C24H32N8O2S/c1-15(2)20-21(17-10-18(34-5)23-26-14-27-32(23)13-17)28-29-22(20)24-25-11-19(35-24)31-7-6-30(8-9-33-4)12-16(31)3/h10-11,13-16H,6-9,12H2,1-5H3,(H,28,29)/t16-/m0/s1. The fourth-order valence-electron chi connectivity index (χ4n) is 4.77. The summed E-state index contributed by atoms with van der Waals surface area (Å²) in [6.45, 7) is 11.4. The Morgan fingerprint density at radius 1 is 1.23 bits per heavy atom. The van der Waals surface area contributed by atoms with E-state index in [0.29, 0.717) is 17.4 Å². The molecule has 10 nitrogen and oxygen atoms in total. The first-order valence-electron chi connectivity index (χ1n) is 11.9. The summed E-state index contributed by atoms with van der Waals surface area (Å²) in [4.78, 5) is 14.0. The van der Waals surface area contributed by atoms with Gasteiger partial charge < -0.3 is 14.4 Å². The van der Waals surface area contributed by atoms with Crippen LogP contribution in [0.1, 0.15) is 32.3 Å². The Labute approximate surface area is 208 Å². The minimum atomic E-state index is 0.242. The lowest BCUT2D eigenvalue weighted by molar-refractivity contribution is 0.136. The maximum absolute atomic E-state index is 5.56. The van der Waals surface area contributed by atoms with Gasteiger partial charge in [-0.15, -0.1) is 0 Å². The van der Waals surface area contributed by atoms with Gasteiger partial charge in [0.25, 0.3) is 0 Å². The number of nitrogens with one attached hydrogen (secondary N) is 1. The average Bonchev–Trinajstić information content (AvgIpc) is 3.60. The average molecular weight is 497 g/mol. The Hall–Kier alpha value is -3.02. The number of hydrogen-bond acceptors (Lipinski definition) is 9. The molecule has 35 heavy (non-hydrogen) atoms. The van der Waals surface area contributed by atoms with Crippen LogP contribution in [0.3, 0.4) is 0 Å². The second-order valence-electron chi connectivity index (χ2n) is 9.18. The van der Waals surface area contributed by atoms with Gasteiger partial charge in [-0.3, -0.25) is 10.00 Å². The molecule has 186 valence electrons. The van der Waals surface area contributed by atoms with E-state index < -0.39 is 0 Å². The third kappa shape index (κ3) is 4.51. The first kappa shape index (κ1) is 23.7. The van der Waals surface area contributed by atoms with Crippen molar-refractivity contribution in [1.82, 2.24) is 34.7 Å². The van der Waals surface area contributed by atoms with Crippen molar-refractivity contribution in [2.75, 3.05) is 51.9 Å². The molecule has 0 radical (unpaired) electrons. The molecule has 4 aromatic rings. The van der Waals surface area contributed by atoms with Crippen molar-refractivity contribution in [2.45, 2.75) is 32.7 Å². The van der Waals surface area contributed by atoms with E-state index in [4.69, 9.17) is 19.6 Å². The van der Waals surface area contributed by atoms with Gasteiger partial charge in [0, 0.05) is 56.7 Å². The van der Waals surface area contributed by atoms with Crippen LogP contribution in [-0.2, 0) is 4.74 Å². The Morgan fingerprint density at radius 3 is 2.83 bits per heavy atom. The van der Waals surface area contributed by atoms with Crippen molar-refractivity contribution in [3.63, 3.8) is 0 Å². The maximum Gasteiger partial charge on any atom is 0.197 e. The molecule has 0 unspecified atom stereocenters. The van der Waals surface area contributed by atoms with E-state index in [1.165, 1.54) is 11.3 Å². The van der Waals surface area contributed by atoms with Crippen molar-refractivity contribution in [3.8, 4) is 27.7 Å². The monoisotopic (exact) mass is 496 g/mol. The van der Waals surface area contributed by atoms with E-state index in [-0.39, 0.29) is 5.92 Å². The number of ether oxygens (including phenoxy) is 2. The Morgan fingerprint density at radius 2 is 2.09 bits per heavy atom. The van der Waals surface area contributed by atoms with Gasteiger partial charge in [-0.1, -0.05) is 25.2 Å². The van der Waals surface area contributed by atoms with Crippen LogP contribution in [-0.4, -0.2) is 87.7 Å². The lowest BCUT2D eigenvalue weighted by atomic mass is 9.97. The molecule has 0 aromatic carbocycles. The molecular weight excluding hydrogens is 464 g/mol. The number of piperazine rings is 1. The van der Waals surface area contributed by atoms with Crippen molar-refractivity contribution in [2.24, 2.45) is 0 Å².